The lowest BCUT2D eigenvalue weighted by Crippen LogP contribution is -2.17. The second-order valence-electron chi connectivity index (χ2n) is 3.43. The van der Waals surface area contributed by atoms with Crippen molar-refractivity contribution < 1.29 is 19.8 Å². The highest BCUT2D eigenvalue weighted by Crippen LogP contribution is 2.27. The fourth-order valence-corrected chi connectivity index (χ4v) is 2.43. The van der Waals surface area contributed by atoms with Crippen LogP contribution in [0.5, 0.6) is 5.75 Å². The minimum atomic E-state index is -1.23. The lowest BCUT2D eigenvalue weighted by Gasteiger charge is -2.01. The van der Waals surface area contributed by atoms with E-state index in [-0.39, 0.29) is 17.2 Å². The maximum Gasteiger partial charge on any atom is 0.339 e. The van der Waals surface area contributed by atoms with E-state index in [0.29, 0.717) is 14.8 Å². The van der Waals surface area contributed by atoms with E-state index < -0.39 is 5.97 Å². The summed E-state index contributed by atoms with van der Waals surface area (Å²) in [6, 6.07) is 4.08. The molecular weight excluding hydrogens is 274 g/mol. The Morgan fingerprint density at radius 2 is 2.17 bits per heavy atom. The van der Waals surface area contributed by atoms with Crippen molar-refractivity contribution in [3.8, 4) is 5.75 Å². The normalized spacial score (nSPS) is 17.0. The van der Waals surface area contributed by atoms with E-state index >= 15 is 0 Å². The van der Waals surface area contributed by atoms with Gasteiger partial charge in [-0.1, -0.05) is 30.0 Å². The molecule has 1 amide bonds. The van der Waals surface area contributed by atoms with Crippen LogP contribution in [0.3, 0.4) is 0 Å². The Labute approximate surface area is 112 Å². The van der Waals surface area contributed by atoms with Crippen molar-refractivity contribution >= 4 is 46.3 Å². The van der Waals surface area contributed by atoms with Gasteiger partial charge in [-0.2, -0.15) is 0 Å². The SMILES string of the molecule is O=C1NC(=S)S/C1=C/c1ccc(O)c(C(=O)O)c1. The first-order valence-corrected chi connectivity index (χ1v) is 6.01. The number of carboxylic acid groups (broad SMARTS) is 1. The molecule has 0 radical (unpaired) electrons. The van der Waals surface area contributed by atoms with Crippen LogP contribution in [0.15, 0.2) is 23.1 Å². The van der Waals surface area contributed by atoms with Gasteiger partial charge in [0, 0.05) is 0 Å². The van der Waals surface area contributed by atoms with E-state index in [9.17, 15) is 14.7 Å². The lowest BCUT2D eigenvalue weighted by atomic mass is 10.1. The van der Waals surface area contributed by atoms with Crippen molar-refractivity contribution in [3.63, 3.8) is 0 Å². The third-order valence-corrected chi connectivity index (χ3v) is 3.35. The molecule has 0 spiro atoms. The lowest BCUT2D eigenvalue weighted by molar-refractivity contribution is -0.115. The summed E-state index contributed by atoms with van der Waals surface area (Å²) in [6.45, 7) is 0. The Balaban J connectivity index is 2.38. The Morgan fingerprint density at radius 1 is 1.44 bits per heavy atom. The average Bonchev–Trinajstić information content (AvgIpc) is 2.60. The van der Waals surface area contributed by atoms with Crippen molar-refractivity contribution in [1.29, 1.82) is 0 Å². The second-order valence-corrected chi connectivity index (χ2v) is 5.15. The fourth-order valence-electron chi connectivity index (χ4n) is 1.39. The van der Waals surface area contributed by atoms with Gasteiger partial charge in [0.1, 0.15) is 15.6 Å². The van der Waals surface area contributed by atoms with Crippen molar-refractivity contribution in [3.05, 3.63) is 34.2 Å². The number of hydrogen-bond donors (Lipinski definition) is 3. The Bertz CT molecular complexity index is 595. The molecule has 92 valence electrons. The summed E-state index contributed by atoms with van der Waals surface area (Å²) in [5.74, 6) is -1.86. The van der Waals surface area contributed by atoms with Crippen LogP contribution in [0, 0.1) is 0 Å². The summed E-state index contributed by atoms with van der Waals surface area (Å²) < 4.78 is 0.364. The number of benzene rings is 1. The standard InChI is InChI=1S/C11H7NO4S2/c13-7-2-1-5(3-6(7)10(15)16)4-8-9(14)12-11(17)18-8/h1-4,13H,(H,15,16)(H,12,14,17)/b8-4+. The average molecular weight is 281 g/mol. The van der Waals surface area contributed by atoms with Crippen molar-refractivity contribution in [1.82, 2.24) is 5.32 Å². The van der Waals surface area contributed by atoms with Gasteiger partial charge in [0.25, 0.3) is 5.91 Å². The zero-order valence-corrected chi connectivity index (χ0v) is 10.5. The molecule has 1 aromatic carbocycles. The molecule has 1 aliphatic heterocycles. The summed E-state index contributed by atoms with van der Waals surface area (Å²) in [5, 5.41) is 20.7. The molecule has 1 aliphatic rings. The molecule has 2 rings (SSSR count). The summed E-state index contributed by atoms with van der Waals surface area (Å²) in [6.07, 6.45) is 1.52. The first-order chi connectivity index (χ1) is 8.47. The van der Waals surface area contributed by atoms with Crippen LogP contribution in [0.25, 0.3) is 6.08 Å². The molecule has 1 fully saturated rings. The topological polar surface area (TPSA) is 86.6 Å². The zero-order chi connectivity index (χ0) is 13.3. The molecular formula is C11H7NO4S2. The van der Waals surface area contributed by atoms with Gasteiger partial charge in [-0.15, -0.1) is 0 Å². The number of phenols is 1. The molecule has 7 heteroatoms. The summed E-state index contributed by atoms with van der Waals surface area (Å²) in [4.78, 5) is 22.7. The Hall–Kier alpha value is -1.86. The largest absolute Gasteiger partial charge is 0.507 e. The van der Waals surface area contributed by atoms with Crippen LogP contribution in [-0.2, 0) is 4.79 Å². The monoisotopic (exact) mass is 281 g/mol. The minimum absolute atomic E-state index is 0.213. The van der Waals surface area contributed by atoms with Crippen LogP contribution >= 0.6 is 24.0 Å². The highest BCUT2D eigenvalue weighted by Gasteiger charge is 2.22. The van der Waals surface area contributed by atoms with Crippen LogP contribution in [0.4, 0.5) is 0 Å². The first-order valence-electron chi connectivity index (χ1n) is 4.78. The molecule has 0 bridgehead atoms. The number of carboxylic acids is 1. The van der Waals surface area contributed by atoms with Gasteiger partial charge in [-0.25, -0.2) is 4.79 Å². The molecule has 18 heavy (non-hydrogen) atoms. The van der Waals surface area contributed by atoms with Crippen molar-refractivity contribution in [2.75, 3.05) is 0 Å². The molecule has 1 heterocycles. The molecule has 1 aromatic rings. The van der Waals surface area contributed by atoms with Crippen LogP contribution in [0.2, 0.25) is 0 Å². The number of thioether (sulfide) groups is 1. The highest BCUT2D eigenvalue weighted by molar-refractivity contribution is 8.26. The van der Waals surface area contributed by atoms with E-state index in [1.54, 1.807) is 0 Å². The predicted molar refractivity (Wildman–Crippen MR) is 71.4 cm³/mol. The van der Waals surface area contributed by atoms with Gasteiger partial charge in [0.05, 0.1) is 4.91 Å². The number of hydrogen-bond acceptors (Lipinski definition) is 5. The molecule has 5 nitrogen and oxygen atoms in total. The first kappa shape index (κ1) is 12.6. The Kier molecular flexibility index (Phi) is 3.35. The molecule has 0 saturated carbocycles. The Morgan fingerprint density at radius 3 is 2.72 bits per heavy atom. The predicted octanol–water partition coefficient (Wildman–Crippen LogP) is 1.58. The molecule has 0 aliphatic carbocycles. The number of rotatable bonds is 2. The van der Waals surface area contributed by atoms with Gasteiger partial charge < -0.3 is 15.5 Å². The minimum Gasteiger partial charge on any atom is -0.507 e. The van der Waals surface area contributed by atoms with Gasteiger partial charge in [0.15, 0.2) is 0 Å². The third kappa shape index (κ3) is 2.52. The number of aromatic carboxylic acids is 1. The van der Waals surface area contributed by atoms with E-state index in [1.807, 2.05) is 0 Å². The summed E-state index contributed by atoms with van der Waals surface area (Å²) in [7, 11) is 0. The van der Waals surface area contributed by atoms with Crippen LogP contribution in [0.1, 0.15) is 15.9 Å². The maximum atomic E-state index is 11.4. The smallest absolute Gasteiger partial charge is 0.339 e. The maximum absolute atomic E-state index is 11.4. The number of carbonyl (C=O) groups excluding carboxylic acids is 1. The third-order valence-electron chi connectivity index (χ3n) is 2.19. The molecule has 0 atom stereocenters. The van der Waals surface area contributed by atoms with Crippen molar-refractivity contribution in [2.24, 2.45) is 0 Å². The molecule has 1 saturated heterocycles. The number of carbonyl (C=O) groups is 2. The second kappa shape index (κ2) is 4.79. The summed E-state index contributed by atoms with van der Waals surface area (Å²) >= 11 is 5.94. The zero-order valence-electron chi connectivity index (χ0n) is 8.84. The van der Waals surface area contributed by atoms with E-state index in [2.05, 4.69) is 5.32 Å². The van der Waals surface area contributed by atoms with Gasteiger partial charge in [-0.3, -0.25) is 4.79 Å². The van der Waals surface area contributed by atoms with Gasteiger partial charge in [-0.05, 0) is 23.8 Å². The van der Waals surface area contributed by atoms with Gasteiger partial charge >= 0.3 is 5.97 Å². The number of amides is 1. The number of nitrogens with one attached hydrogen (secondary N) is 1. The number of thiocarbonyl (C=S) groups is 1. The highest BCUT2D eigenvalue weighted by atomic mass is 32.2. The van der Waals surface area contributed by atoms with E-state index in [4.69, 9.17) is 17.3 Å². The quantitative estimate of drug-likeness (QED) is 0.563. The molecule has 0 aromatic heterocycles. The molecule has 0 unspecified atom stereocenters. The molecule has 3 N–H and O–H groups in total. The van der Waals surface area contributed by atoms with E-state index in [1.165, 1.54) is 24.3 Å². The fraction of sp³-hybridized carbons (Fsp3) is 0. The van der Waals surface area contributed by atoms with Gasteiger partial charge in [0.2, 0.25) is 0 Å². The van der Waals surface area contributed by atoms with Crippen LogP contribution in [-0.4, -0.2) is 26.4 Å². The number of aromatic hydroxyl groups is 1. The van der Waals surface area contributed by atoms with Crippen LogP contribution < -0.4 is 5.32 Å². The van der Waals surface area contributed by atoms with Crippen molar-refractivity contribution in [2.45, 2.75) is 0 Å². The van der Waals surface area contributed by atoms with E-state index in [0.717, 1.165) is 11.8 Å². The summed E-state index contributed by atoms with van der Waals surface area (Å²) in [5.41, 5.74) is 0.294.